The molecule has 5 rings (SSSR count). The molecule has 1 aliphatic heterocycles. The van der Waals surface area contributed by atoms with Crippen molar-refractivity contribution in [3.8, 4) is 11.1 Å². The van der Waals surface area contributed by atoms with E-state index in [1.165, 1.54) is 6.26 Å². The van der Waals surface area contributed by atoms with Gasteiger partial charge < -0.3 is 9.88 Å². The van der Waals surface area contributed by atoms with Gasteiger partial charge in [0.2, 0.25) is 0 Å². The predicted molar refractivity (Wildman–Crippen MR) is 159 cm³/mol. The molecule has 39 heavy (non-hydrogen) atoms. The van der Waals surface area contributed by atoms with Gasteiger partial charge >= 0.3 is 0 Å². The van der Waals surface area contributed by atoms with E-state index in [1.807, 2.05) is 60.8 Å². The minimum atomic E-state index is -2.91. The Kier molecular flexibility index (Phi) is 7.90. The highest BCUT2D eigenvalue weighted by atomic mass is 32.3. The molecule has 0 unspecified atom stereocenters. The summed E-state index contributed by atoms with van der Waals surface area (Å²) >= 11 is 1.59. The van der Waals surface area contributed by atoms with Crippen LogP contribution in [0.25, 0.3) is 21.2 Å². The normalized spacial score (nSPS) is 15.3. The number of carbonyl (C=O) groups excluding carboxylic acids is 2. The van der Waals surface area contributed by atoms with Crippen molar-refractivity contribution in [3.05, 3.63) is 93.2 Å². The molecule has 2 aromatic carbocycles. The Morgan fingerprint density at radius 1 is 1.05 bits per heavy atom. The zero-order chi connectivity index (χ0) is 27.6. The van der Waals surface area contributed by atoms with Crippen molar-refractivity contribution in [1.29, 1.82) is 0 Å². The fourth-order valence-electron chi connectivity index (χ4n) is 4.87. The summed E-state index contributed by atoms with van der Waals surface area (Å²) in [4.78, 5) is 40.4. The molecule has 0 radical (unpaired) electrons. The first kappa shape index (κ1) is 27.1. The molecule has 1 aliphatic rings. The van der Waals surface area contributed by atoms with E-state index >= 15 is 0 Å². The second-order valence-corrected chi connectivity index (χ2v) is 13.7. The van der Waals surface area contributed by atoms with Crippen LogP contribution in [0.4, 0.5) is 0 Å². The Morgan fingerprint density at radius 3 is 2.51 bits per heavy atom. The van der Waals surface area contributed by atoms with Crippen LogP contribution in [0.1, 0.15) is 20.8 Å². The lowest BCUT2D eigenvalue weighted by Gasteiger charge is -2.37. The van der Waals surface area contributed by atoms with Crippen LogP contribution in [0.3, 0.4) is 0 Å². The van der Waals surface area contributed by atoms with Gasteiger partial charge in [0, 0.05) is 79.5 Å². The Bertz CT molecular complexity index is 1620. The number of rotatable bonds is 8. The number of carbonyl (C=O) groups is 2. The van der Waals surface area contributed by atoms with Gasteiger partial charge in [-0.15, -0.1) is 11.3 Å². The maximum atomic E-state index is 13.0. The first-order valence-electron chi connectivity index (χ1n) is 12.8. The fraction of sp³-hybridized carbons (Fsp3) is 0.276. The first-order valence-corrected chi connectivity index (χ1v) is 15.8. The number of amides is 1. The highest BCUT2D eigenvalue weighted by Gasteiger charge is 2.25. The van der Waals surface area contributed by atoms with E-state index in [4.69, 9.17) is 0 Å². The van der Waals surface area contributed by atoms with E-state index in [1.54, 1.807) is 33.3 Å². The number of piperazine rings is 1. The molecule has 1 amide bonds. The molecule has 204 valence electrons. The van der Waals surface area contributed by atoms with Crippen molar-refractivity contribution in [2.45, 2.75) is 13.1 Å². The fourth-order valence-corrected chi connectivity index (χ4v) is 7.20. The molecule has 1 fully saturated rings. The molecule has 10 heteroatoms. The van der Waals surface area contributed by atoms with Crippen molar-refractivity contribution in [1.82, 2.24) is 19.1 Å². The lowest BCUT2D eigenvalue weighted by Crippen LogP contribution is -2.50. The summed E-state index contributed by atoms with van der Waals surface area (Å²) in [6.45, 7) is 3.66. The maximum absolute atomic E-state index is 13.0. The zero-order valence-corrected chi connectivity index (χ0v) is 23.7. The van der Waals surface area contributed by atoms with E-state index in [2.05, 4.69) is 10.2 Å². The highest BCUT2D eigenvalue weighted by molar-refractivity contribution is 8.12. The summed E-state index contributed by atoms with van der Waals surface area (Å²) < 4.78 is 16.7. The molecule has 1 N–H and O–H groups in total. The number of thiol groups is 1. The third-order valence-electron chi connectivity index (χ3n) is 7.12. The molecule has 0 saturated carbocycles. The molecule has 0 atom stereocenters. The van der Waals surface area contributed by atoms with Crippen LogP contribution in [0, 0.1) is 0 Å². The largest absolute Gasteiger partial charge is 0.348 e. The van der Waals surface area contributed by atoms with Crippen LogP contribution < -0.4 is 10.9 Å². The molecule has 0 bridgehead atoms. The lowest BCUT2D eigenvalue weighted by atomic mass is 10.0. The van der Waals surface area contributed by atoms with Crippen molar-refractivity contribution >= 4 is 43.1 Å². The number of hydrogen-bond acceptors (Lipinski definition) is 6. The number of nitrogens with zero attached hydrogens (tertiary/aromatic N) is 3. The van der Waals surface area contributed by atoms with Gasteiger partial charge in [0.25, 0.3) is 11.5 Å². The van der Waals surface area contributed by atoms with E-state index in [9.17, 15) is 18.6 Å². The number of hydrogen-bond donors (Lipinski definition) is 2. The molecule has 0 spiro atoms. The molecule has 8 nitrogen and oxygen atoms in total. The Hall–Kier alpha value is -3.44. The number of benzene rings is 2. The summed E-state index contributed by atoms with van der Waals surface area (Å²) in [5, 5.41) is 3.64. The van der Waals surface area contributed by atoms with E-state index in [0.717, 1.165) is 26.3 Å². The van der Waals surface area contributed by atoms with Crippen LogP contribution in [0.5, 0.6) is 0 Å². The molecule has 3 heterocycles. The third kappa shape index (κ3) is 5.94. The number of aromatic nitrogens is 1. The summed E-state index contributed by atoms with van der Waals surface area (Å²) in [7, 11) is -1.17. The average Bonchev–Trinajstić information content (AvgIpc) is 3.38. The smallest absolute Gasteiger partial charge is 0.259 e. The quantitative estimate of drug-likeness (QED) is 0.254. The van der Waals surface area contributed by atoms with Gasteiger partial charge in [-0.05, 0) is 39.4 Å². The van der Waals surface area contributed by atoms with Crippen molar-refractivity contribution in [3.63, 3.8) is 0 Å². The number of thiophene rings is 1. The van der Waals surface area contributed by atoms with Gasteiger partial charge in [0.1, 0.15) is 0 Å². The third-order valence-corrected chi connectivity index (χ3v) is 10.2. The van der Waals surface area contributed by atoms with Crippen LogP contribution in [-0.2, 0) is 35.1 Å². The van der Waals surface area contributed by atoms with Gasteiger partial charge in [-0.2, -0.15) is 0 Å². The van der Waals surface area contributed by atoms with Gasteiger partial charge in [0.05, 0.1) is 5.39 Å². The summed E-state index contributed by atoms with van der Waals surface area (Å²) in [6.07, 6.45) is 3.35. The Morgan fingerprint density at radius 2 is 1.79 bits per heavy atom. The van der Waals surface area contributed by atoms with Gasteiger partial charge in [-0.1, -0.05) is 42.5 Å². The first-order chi connectivity index (χ1) is 18.7. The molecule has 4 aromatic rings. The van der Waals surface area contributed by atoms with E-state index in [-0.39, 0.29) is 11.5 Å². The minimum Gasteiger partial charge on any atom is -0.348 e. The van der Waals surface area contributed by atoms with Crippen molar-refractivity contribution < 1.29 is 13.8 Å². The standard InChI is InChI=1S/C29H32N4O4S2/c1-31-19-26(22-9-6-10-23(15-22)28(35)30-17-21-7-4-3-5-8-21)27-25(29(31)36)16-24(38-27)18-32-11-13-33(14-12-32)39(2,37)20-34/h3-10,15-16,19-20,39H,11-14,17-18H2,1-2H3,(H,30,35). The van der Waals surface area contributed by atoms with Crippen molar-refractivity contribution in [2.75, 3.05) is 32.4 Å². The molecule has 1 saturated heterocycles. The second-order valence-electron chi connectivity index (χ2n) is 9.94. The zero-order valence-electron chi connectivity index (χ0n) is 22.0. The van der Waals surface area contributed by atoms with E-state index in [0.29, 0.717) is 55.8 Å². The summed E-state index contributed by atoms with van der Waals surface area (Å²) in [6, 6.07) is 19.2. The molecular formula is C29H32N4O4S2. The minimum absolute atomic E-state index is 0.0595. The predicted octanol–water partition coefficient (Wildman–Crippen LogP) is 3.07. The van der Waals surface area contributed by atoms with Crippen molar-refractivity contribution in [2.24, 2.45) is 7.05 Å². The van der Waals surface area contributed by atoms with Crippen LogP contribution in [0.15, 0.2) is 71.7 Å². The highest BCUT2D eigenvalue weighted by Crippen LogP contribution is 2.34. The van der Waals surface area contributed by atoms with E-state index < -0.39 is 10.1 Å². The van der Waals surface area contributed by atoms with Gasteiger partial charge in [-0.25, -0.2) is 4.31 Å². The topological polar surface area (TPSA) is 91.7 Å². The van der Waals surface area contributed by atoms with Crippen LogP contribution >= 0.6 is 11.3 Å². The molecule has 0 aliphatic carbocycles. The number of fused-ring (bicyclic) bond motifs is 1. The lowest BCUT2D eigenvalue weighted by molar-refractivity contribution is 0.0951. The number of aryl methyl sites for hydroxylation is 1. The maximum Gasteiger partial charge on any atom is 0.259 e. The monoisotopic (exact) mass is 564 g/mol. The second kappa shape index (κ2) is 11.4. The summed E-state index contributed by atoms with van der Waals surface area (Å²) in [5.74, 6) is -0.154. The Balaban J connectivity index is 1.37. The van der Waals surface area contributed by atoms with Gasteiger partial charge in [0.15, 0.2) is 5.62 Å². The molecule has 2 aromatic heterocycles. The van der Waals surface area contributed by atoms with Crippen LogP contribution in [-0.4, -0.2) is 61.9 Å². The SMILES string of the molecule is Cn1cc(-c2cccc(C(=O)NCc3ccccc3)c2)c2sc(CN3CCN([SH](C)(=O)C=O)CC3)cc2c1=O. The summed E-state index contributed by atoms with van der Waals surface area (Å²) in [5.41, 5.74) is 3.89. The van der Waals surface area contributed by atoms with Gasteiger partial charge in [-0.3, -0.25) is 23.5 Å². The number of nitrogens with one attached hydrogen (secondary N) is 1. The number of pyridine rings is 1. The van der Waals surface area contributed by atoms with Crippen LogP contribution in [0.2, 0.25) is 0 Å². The molecular weight excluding hydrogens is 532 g/mol. The Labute approximate surface area is 232 Å². The average molecular weight is 565 g/mol.